The van der Waals surface area contributed by atoms with E-state index in [0.29, 0.717) is 17.5 Å². The second-order valence-electron chi connectivity index (χ2n) is 4.22. The van der Waals surface area contributed by atoms with Crippen LogP contribution >= 0.6 is 0 Å². The Morgan fingerprint density at radius 2 is 1.63 bits per heavy atom. The molecule has 0 amide bonds. The van der Waals surface area contributed by atoms with Crippen LogP contribution in [-0.4, -0.2) is 5.11 Å². The number of benzene rings is 2. The predicted octanol–water partition coefficient (Wildman–Crippen LogP) is 3.58. The minimum atomic E-state index is -4.33. The van der Waals surface area contributed by atoms with Crippen molar-refractivity contribution in [2.45, 2.75) is 12.6 Å². The summed E-state index contributed by atoms with van der Waals surface area (Å²) in [5.41, 5.74) is 6.65. The first kappa shape index (κ1) is 13.3. The van der Waals surface area contributed by atoms with Crippen LogP contribution in [0.4, 0.5) is 18.9 Å². The number of nitrogen functional groups attached to an aromatic ring is 1. The molecule has 2 rings (SSSR count). The molecule has 0 aliphatic carbocycles. The fraction of sp³-hybridized carbons (Fsp3) is 0.143. The highest BCUT2D eigenvalue weighted by Gasteiger charge is 2.29. The second kappa shape index (κ2) is 4.84. The molecule has 3 N–H and O–H groups in total. The highest BCUT2D eigenvalue weighted by atomic mass is 19.4. The molecule has 0 aliphatic rings. The van der Waals surface area contributed by atoms with E-state index in [1.165, 1.54) is 18.2 Å². The standard InChI is InChI=1S/C14H12F3NO/c15-14(16,17)11-6-4-9(5-7-11)8-10-2-1-3-12(19)13(10)18/h1-7,19H,8,18H2. The molecule has 0 aromatic heterocycles. The summed E-state index contributed by atoms with van der Waals surface area (Å²) in [6.45, 7) is 0. The number of phenolic OH excluding ortho intramolecular Hbond substituents is 1. The lowest BCUT2D eigenvalue weighted by Gasteiger charge is -2.09. The van der Waals surface area contributed by atoms with Crippen LogP contribution in [0.15, 0.2) is 42.5 Å². The normalized spacial score (nSPS) is 11.5. The van der Waals surface area contributed by atoms with Crippen molar-refractivity contribution in [3.63, 3.8) is 0 Å². The van der Waals surface area contributed by atoms with Crippen molar-refractivity contribution in [3.8, 4) is 5.75 Å². The van der Waals surface area contributed by atoms with E-state index in [2.05, 4.69) is 0 Å². The lowest BCUT2D eigenvalue weighted by molar-refractivity contribution is -0.137. The molecular formula is C14H12F3NO. The number of phenols is 1. The number of rotatable bonds is 2. The Bertz CT molecular complexity index is 576. The van der Waals surface area contributed by atoms with Crippen LogP contribution in [0.5, 0.6) is 5.75 Å². The number of halogens is 3. The molecule has 0 aliphatic heterocycles. The van der Waals surface area contributed by atoms with Crippen molar-refractivity contribution in [1.29, 1.82) is 0 Å². The number of anilines is 1. The lowest BCUT2D eigenvalue weighted by atomic mass is 10.0. The Morgan fingerprint density at radius 3 is 2.21 bits per heavy atom. The van der Waals surface area contributed by atoms with Gasteiger partial charge < -0.3 is 10.8 Å². The molecule has 0 spiro atoms. The Kier molecular flexibility index (Phi) is 3.38. The first-order chi connectivity index (χ1) is 8.88. The maximum Gasteiger partial charge on any atom is 0.416 e. The molecule has 0 heterocycles. The van der Waals surface area contributed by atoms with Crippen molar-refractivity contribution >= 4 is 5.69 Å². The van der Waals surface area contributed by atoms with E-state index < -0.39 is 11.7 Å². The third-order valence-electron chi connectivity index (χ3n) is 2.85. The smallest absolute Gasteiger partial charge is 0.416 e. The summed E-state index contributed by atoms with van der Waals surface area (Å²) in [5.74, 6) is -0.0237. The predicted molar refractivity (Wildman–Crippen MR) is 66.8 cm³/mol. The van der Waals surface area contributed by atoms with E-state index in [4.69, 9.17) is 5.73 Å². The Balaban J connectivity index is 2.23. The topological polar surface area (TPSA) is 46.2 Å². The van der Waals surface area contributed by atoms with Gasteiger partial charge in [-0.3, -0.25) is 0 Å². The fourth-order valence-electron chi connectivity index (χ4n) is 1.79. The summed E-state index contributed by atoms with van der Waals surface area (Å²) in [5, 5.41) is 9.46. The van der Waals surface area contributed by atoms with Gasteiger partial charge in [0.05, 0.1) is 11.3 Å². The van der Waals surface area contributed by atoms with Crippen molar-refractivity contribution < 1.29 is 18.3 Å². The van der Waals surface area contributed by atoms with Gasteiger partial charge in [-0.05, 0) is 35.7 Å². The van der Waals surface area contributed by atoms with Crippen LogP contribution in [0.3, 0.4) is 0 Å². The summed E-state index contributed by atoms with van der Waals surface area (Å²) in [4.78, 5) is 0. The molecule has 0 atom stereocenters. The molecule has 2 aromatic carbocycles. The molecule has 0 unspecified atom stereocenters. The molecule has 0 bridgehead atoms. The van der Waals surface area contributed by atoms with E-state index in [1.807, 2.05) is 0 Å². The number of alkyl halides is 3. The van der Waals surface area contributed by atoms with Crippen LogP contribution in [0.1, 0.15) is 16.7 Å². The summed E-state index contributed by atoms with van der Waals surface area (Å²) >= 11 is 0. The molecule has 19 heavy (non-hydrogen) atoms. The van der Waals surface area contributed by atoms with Crippen LogP contribution < -0.4 is 5.73 Å². The number of aromatic hydroxyl groups is 1. The van der Waals surface area contributed by atoms with Gasteiger partial charge in [-0.2, -0.15) is 13.2 Å². The summed E-state index contributed by atoms with van der Waals surface area (Å²) in [7, 11) is 0. The van der Waals surface area contributed by atoms with Crippen molar-refractivity contribution in [2.24, 2.45) is 0 Å². The van der Waals surface area contributed by atoms with Gasteiger partial charge in [0.2, 0.25) is 0 Å². The highest BCUT2D eigenvalue weighted by Crippen LogP contribution is 2.30. The minimum Gasteiger partial charge on any atom is -0.506 e. The summed E-state index contributed by atoms with van der Waals surface area (Å²) < 4.78 is 37.2. The average Bonchev–Trinajstić information content (AvgIpc) is 2.35. The number of para-hydroxylation sites is 1. The Morgan fingerprint density at radius 1 is 1.00 bits per heavy atom. The van der Waals surface area contributed by atoms with Crippen LogP contribution in [0.2, 0.25) is 0 Å². The largest absolute Gasteiger partial charge is 0.506 e. The molecule has 2 aromatic rings. The highest BCUT2D eigenvalue weighted by molar-refractivity contribution is 5.58. The molecule has 2 nitrogen and oxygen atoms in total. The van der Waals surface area contributed by atoms with Gasteiger partial charge in [0.25, 0.3) is 0 Å². The van der Waals surface area contributed by atoms with Gasteiger partial charge in [0.15, 0.2) is 0 Å². The third kappa shape index (κ3) is 2.99. The summed E-state index contributed by atoms with van der Waals surface area (Å²) in [6.07, 6.45) is -3.96. The zero-order valence-corrected chi connectivity index (χ0v) is 9.91. The van der Waals surface area contributed by atoms with Crippen LogP contribution in [-0.2, 0) is 12.6 Å². The molecule has 5 heteroatoms. The van der Waals surface area contributed by atoms with Crippen molar-refractivity contribution in [1.82, 2.24) is 0 Å². The van der Waals surface area contributed by atoms with E-state index in [0.717, 1.165) is 12.1 Å². The number of nitrogens with two attached hydrogens (primary N) is 1. The van der Waals surface area contributed by atoms with Gasteiger partial charge in [0, 0.05) is 0 Å². The lowest BCUT2D eigenvalue weighted by Crippen LogP contribution is -2.04. The average molecular weight is 267 g/mol. The third-order valence-corrected chi connectivity index (χ3v) is 2.85. The first-order valence-corrected chi connectivity index (χ1v) is 5.60. The van der Waals surface area contributed by atoms with Gasteiger partial charge in [0.1, 0.15) is 5.75 Å². The molecule has 100 valence electrons. The quantitative estimate of drug-likeness (QED) is 0.645. The first-order valence-electron chi connectivity index (χ1n) is 5.60. The van der Waals surface area contributed by atoms with Gasteiger partial charge >= 0.3 is 6.18 Å². The van der Waals surface area contributed by atoms with Crippen molar-refractivity contribution in [3.05, 3.63) is 59.2 Å². The van der Waals surface area contributed by atoms with Crippen LogP contribution in [0, 0.1) is 0 Å². The monoisotopic (exact) mass is 267 g/mol. The number of hydrogen-bond acceptors (Lipinski definition) is 2. The molecule has 0 fully saturated rings. The fourth-order valence-corrected chi connectivity index (χ4v) is 1.79. The number of hydrogen-bond donors (Lipinski definition) is 2. The zero-order chi connectivity index (χ0) is 14.0. The van der Waals surface area contributed by atoms with Crippen LogP contribution in [0.25, 0.3) is 0 Å². The van der Waals surface area contributed by atoms with E-state index in [1.54, 1.807) is 12.1 Å². The van der Waals surface area contributed by atoms with Gasteiger partial charge in [-0.15, -0.1) is 0 Å². The Hall–Kier alpha value is -2.17. The van der Waals surface area contributed by atoms with Gasteiger partial charge in [-0.25, -0.2) is 0 Å². The van der Waals surface area contributed by atoms with Gasteiger partial charge in [-0.1, -0.05) is 24.3 Å². The maximum absolute atomic E-state index is 12.4. The minimum absolute atomic E-state index is 0.0237. The maximum atomic E-state index is 12.4. The summed E-state index contributed by atoms with van der Waals surface area (Å²) in [6, 6.07) is 9.73. The molecule has 0 saturated carbocycles. The molecule has 0 radical (unpaired) electrons. The van der Waals surface area contributed by atoms with E-state index in [-0.39, 0.29) is 11.4 Å². The van der Waals surface area contributed by atoms with E-state index >= 15 is 0 Å². The van der Waals surface area contributed by atoms with Crippen molar-refractivity contribution in [2.75, 3.05) is 5.73 Å². The van der Waals surface area contributed by atoms with E-state index in [9.17, 15) is 18.3 Å². The zero-order valence-electron chi connectivity index (χ0n) is 9.91. The molecule has 0 saturated heterocycles. The Labute approximate surface area is 108 Å². The SMILES string of the molecule is Nc1c(O)cccc1Cc1ccc(C(F)(F)F)cc1. The second-order valence-corrected chi connectivity index (χ2v) is 4.22. The molecular weight excluding hydrogens is 255 g/mol.